The van der Waals surface area contributed by atoms with Crippen molar-refractivity contribution in [1.82, 2.24) is 4.98 Å². The summed E-state index contributed by atoms with van der Waals surface area (Å²) in [5, 5.41) is 18.3. The van der Waals surface area contributed by atoms with E-state index in [9.17, 15) is 9.90 Å². The van der Waals surface area contributed by atoms with Gasteiger partial charge in [0.25, 0.3) is 0 Å². The van der Waals surface area contributed by atoms with Crippen LogP contribution in [0, 0.1) is 0 Å². The Morgan fingerprint density at radius 1 is 1.04 bits per heavy atom. The SMILES string of the molecule is O=C(O)c1ccccc1C=NNc1nc(-c2ccc3ccccc3c2)cs1. The molecular formula is C21H15N3O2S. The predicted molar refractivity (Wildman–Crippen MR) is 110 cm³/mol. The lowest BCUT2D eigenvalue weighted by atomic mass is 10.1. The first-order chi connectivity index (χ1) is 13.2. The largest absolute Gasteiger partial charge is 0.478 e. The fraction of sp³-hybridized carbons (Fsp3) is 0. The van der Waals surface area contributed by atoms with E-state index >= 15 is 0 Å². The van der Waals surface area contributed by atoms with Gasteiger partial charge in [-0.15, -0.1) is 11.3 Å². The minimum absolute atomic E-state index is 0.207. The molecular weight excluding hydrogens is 358 g/mol. The zero-order valence-corrected chi connectivity index (χ0v) is 15.0. The number of rotatable bonds is 5. The predicted octanol–water partition coefficient (Wildman–Crippen LogP) is 5.11. The summed E-state index contributed by atoms with van der Waals surface area (Å²) < 4.78 is 0. The molecule has 4 aromatic rings. The summed E-state index contributed by atoms with van der Waals surface area (Å²) >= 11 is 1.44. The standard InChI is InChI=1S/C21H15N3O2S/c25-20(26)18-8-4-3-7-17(18)12-22-24-21-23-19(13-27-21)16-10-9-14-5-1-2-6-15(14)11-16/h1-13H,(H,23,24)(H,25,26). The molecule has 1 heterocycles. The summed E-state index contributed by atoms with van der Waals surface area (Å²) in [6.07, 6.45) is 1.49. The number of hydrogen-bond acceptors (Lipinski definition) is 5. The molecule has 4 rings (SSSR count). The van der Waals surface area contributed by atoms with Crippen molar-refractivity contribution in [3.63, 3.8) is 0 Å². The van der Waals surface area contributed by atoms with E-state index in [1.165, 1.54) is 28.3 Å². The van der Waals surface area contributed by atoms with Crippen molar-refractivity contribution in [2.24, 2.45) is 5.10 Å². The van der Waals surface area contributed by atoms with Gasteiger partial charge in [0.2, 0.25) is 5.13 Å². The number of carbonyl (C=O) groups is 1. The molecule has 0 unspecified atom stereocenters. The van der Waals surface area contributed by atoms with Gasteiger partial charge in [0, 0.05) is 16.5 Å². The van der Waals surface area contributed by atoms with Crippen LogP contribution >= 0.6 is 11.3 Å². The number of hydrazone groups is 1. The summed E-state index contributed by atoms with van der Waals surface area (Å²) in [4.78, 5) is 15.8. The van der Waals surface area contributed by atoms with Gasteiger partial charge in [-0.3, -0.25) is 5.43 Å². The lowest BCUT2D eigenvalue weighted by molar-refractivity contribution is 0.0697. The lowest BCUT2D eigenvalue weighted by Gasteiger charge is -2.01. The second-order valence-electron chi connectivity index (χ2n) is 5.86. The molecule has 0 bridgehead atoms. The fourth-order valence-corrected chi connectivity index (χ4v) is 3.44. The Morgan fingerprint density at radius 3 is 2.67 bits per heavy atom. The van der Waals surface area contributed by atoms with Crippen molar-refractivity contribution in [3.8, 4) is 11.3 Å². The topological polar surface area (TPSA) is 74.6 Å². The summed E-state index contributed by atoms with van der Waals surface area (Å²) in [5.74, 6) is -0.982. The second-order valence-corrected chi connectivity index (χ2v) is 6.72. The van der Waals surface area contributed by atoms with Crippen LogP contribution in [0.3, 0.4) is 0 Å². The van der Waals surface area contributed by atoms with E-state index in [2.05, 4.69) is 39.8 Å². The molecule has 0 aliphatic rings. The molecule has 0 saturated heterocycles. The average Bonchev–Trinajstić information content (AvgIpc) is 3.17. The van der Waals surface area contributed by atoms with E-state index in [4.69, 9.17) is 0 Å². The molecule has 6 heteroatoms. The molecule has 1 aromatic heterocycles. The van der Waals surface area contributed by atoms with E-state index < -0.39 is 5.97 Å². The van der Waals surface area contributed by atoms with Gasteiger partial charge in [-0.05, 0) is 22.9 Å². The molecule has 5 nitrogen and oxygen atoms in total. The Morgan fingerprint density at radius 2 is 1.81 bits per heavy atom. The number of carboxylic acid groups (broad SMARTS) is 1. The smallest absolute Gasteiger partial charge is 0.336 e. The van der Waals surface area contributed by atoms with E-state index in [0.717, 1.165) is 11.3 Å². The molecule has 0 aliphatic carbocycles. The van der Waals surface area contributed by atoms with E-state index in [-0.39, 0.29) is 5.56 Å². The number of anilines is 1. The molecule has 0 spiro atoms. The van der Waals surface area contributed by atoms with Crippen molar-refractivity contribution in [3.05, 3.63) is 83.2 Å². The monoisotopic (exact) mass is 373 g/mol. The molecule has 0 atom stereocenters. The quantitative estimate of drug-likeness (QED) is 0.377. The van der Waals surface area contributed by atoms with Gasteiger partial charge < -0.3 is 5.11 Å². The highest BCUT2D eigenvalue weighted by Gasteiger charge is 2.07. The Kier molecular flexibility index (Phi) is 4.63. The van der Waals surface area contributed by atoms with E-state index in [0.29, 0.717) is 10.7 Å². The number of hydrogen-bond donors (Lipinski definition) is 2. The number of nitrogens with one attached hydrogen (secondary N) is 1. The molecule has 0 radical (unpaired) electrons. The molecule has 132 valence electrons. The van der Waals surface area contributed by atoms with E-state index in [1.807, 2.05) is 23.6 Å². The average molecular weight is 373 g/mol. The number of aromatic carboxylic acids is 1. The molecule has 3 aromatic carbocycles. The van der Waals surface area contributed by atoms with Crippen LogP contribution in [0.1, 0.15) is 15.9 Å². The number of aromatic nitrogens is 1. The number of benzene rings is 3. The first-order valence-electron chi connectivity index (χ1n) is 8.27. The number of carboxylic acids is 1. The van der Waals surface area contributed by atoms with Crippen LogP contribution in [0.4, 0.5) is 5.13 Å². The van der Waals surface area contributed by atoms with Crippen LogP contribution in [0.5, 0.6) is 0 Å². The Hall–Kier alpha value is -3.51. The van der Waals surface area contributed by atoms with Crippen molar-refractivity contribution in [2.45, 2.75) is 0 Å². The summed E-state index contributed by atoms with van der Waals surface area (Å²) in [5.41, 5.74) is 5.52. The number of nitrogens with zero attached hydrogens (tertiary/aromatic N) is 2. The Balaban J connectivity index is 1.52. The number of fused-ring (bicyclic) bond motifs is 1. The van der Waals surface area contributed by atoms with E-state index in [1.54, 1.807) is 24.3 Å². The maximum Gasteiger partial charge on any atom is 0.336 e. The zero-order valence-electron chi connectivity index (χ0n) is 14.2. The molecule has 0 fully saturated rings. The van der Waals surface area contributed by atoms with Crippen LogP contribution < -0.4 is 5.43 Å². The third-order valence-corrected chi connectivity index (χ3v) is 4.85. The first-order valence-corrected chi connectivity index (χ1v) is 9.15. The maximum atomic E-state index is 11.2. The summed E-state index contributed by atoms with van der Waals surface area (Å²) in [6.45, 7) is 0. The molecule has 0 saturated carbocycles. The Bertz CT molecular complexity index is 1150. The van der Waals surface area contributed by atoms with Crippen molar-refractivity contribution >= 4 is 39.4 Å². The Labute approximate surface area is 159 Å². The highest BCUT2D eigenvalue weighted by Crippen LogP contribution is 2.27. The van der Waals surface area contributed by atoms with Gasteiger partial charge in [-0.2, -0.15) is 5.10 Å². The molecule has 2 N–H and O–H groups in total. The van der Waals surface area contributed by atoms with Crippen LogP contribution in [0.15, 0.2) is 77.2 Å². The summed E-state index contributed by atoms with van der Waals surface area (Å²) in [6, 6.07) is 21.1. The minimum atomic E-state index is -0.982. The highest BCUT2D eigenvalue weighted by atomic mass is 32.1. The van der Waals surface area contributed by atoms with Gasteiger partial charge in [0.1, 0.15) is 0 Å². The van der Waals surface area contributed by atoms with Gasteiger partial charge in [0.05, 0.1) is 17.5 Å². The fourth-order valence-electron chi connectivity index (χ4n) is 2.77. The molecule has 27 heavy (non-hydrogen) atoms. The summed E-state index contributed by atoms with van der Waals surface area (Å²) in [7, 11) is 0. The minimum Gasteiger partial charge on any atom is -0.478 e. The lowest BCUT2D eigenvalue weighted by Crippen LogP contribution is -2.02. The third-order valence-electron chi connectivity index (χ3n) is 4.10. The van der Waals surface area contributed by atoms with Crippen LogP contribution in [0.25, 0.3) is 22.0 Å². The van der Waals surface area contributed by atoms with Crippen LogP contribution in [0.2, 0.25) is 0 Å². The van der Waals surface area contributed by atoms with Crippen molar-refractivity contribution in [2.75, 3.05) is 5.43 Å². The molecule has 0 amide bonds. The van der Waals surface area contributed by atoms with Gasteiger partial charge >= 0.3 is 5.97 Å². The van der Waals surface area contributed by atoms with Gasteiger partial charge in [0.15, 0.2) is 0 Å². The zero-order chi connectivity index (χ0) is 18.6. The maximum absolute atomic E-state index is 11.2. The van der Waals surface area contributed by atoms with Crippen molar-refractivity contribution < 1.29 is 9.90 Å². The van der Waals surface area contributed by atoms with Crippen LogP contribution in [-0.4, -0.2) is 22.3 Å². The van der Waals surface area contributed by atoms with Crippen molar-refractivity contribution in [1.29, 1.82) is 0 Å². The molecule has 0 aliphatic heterocycles. The number of thiazole rings is 1. The second kappa shape index (κ2) is 7.39. The van der Waals surface area contributed by atoms with Gasteiger partial charge in [-0.1, -0.05) is 54.6 Å². The van der Waals surface area contributed by atoms with Gasteiger partial charge in [-0.25, -0.2) is 9.78 Å². The third kappa shape index (κ3) is 3.70. The first kappa shape index (κ1) is 16.9. The normalized spacial score (nSPS) is 11.1. The highest BCUT2D eigenvalue weighted by molar-refractivity contribution is 7.14. The van der Waals surface area contributed by atoms with Crippen LogP contribution in [-0.2, 0) is 0 Å².